The quantitative estimate of drug-likeness (QED) is 0.910. The van der Waals surface area contributed by atoms with Gasteiger partial charge in [-0.05, 0) is 18.9 Å². The van der Waals surface area contributed by atoms with Gasteiger partial charge in [0.25, 0.3) is 0 Å². The first-order chi connectivity index (χ1) is 12.7. The lowest BCUT2D eigenvalue weighted by Gasteiger charge is -2.35. The van der Waals surface area contributed by atoms with Crippen LogP contribution in [0.15, 0.2) is 36.7 Å². The van der Waals surface area contributed by atoms with Crippen LogP contribution in [0.2, 0.25) is 0 Å². The van der Waals surface area contributed by atoms with E-state index < -0.39 is 5.41 Å². The van der Waals surface area contributed by atoms with E-state index in [2.05, 4.69) is 15.3 Å². The first-order valence-electron chi connectivity index (χ1n) is 8.80. The number of morpholine rings is 1. The monoisotopic (exact) mass is 356 g/mol. The molecule has 2 aromatic rings. The summed E-state index contributed by atoms with van der Waals surface area (Å²) in [5.41, 5.74) is 0.466. The van der Waals surface area contributed by atoms with E-state index in [4.69, 9.17) is 4.74 Å². The number of amides is 1. The largest absolute Gasteiger partial charge is 0.372 e. The van der Waals surface area contributed by atoms with Crippen molar-refractivity contribution in [1.82, 2.24) is 14.9 Å². The molecule has 1 atom stereocenters. The highest BCUT2D eigenvalue weighted by Crippen LogP contribution is 2.50. The molecule has 7 heteroatoms. The second-order valence-corrected chi connectivity index (χ2v) is 6.71. The molecule has 1 saturated carbocycles. The molecule has 1 aliphatic carbocycles. The zero-order valence-corrected chi connectivity index (χ0v) is 14.6. The molecule has 136 valence electrons. The van der Waals surface area contributed by atoms with Gasteiger partial charge < -0.3 is 15.0 Å². The smallest absolute Gasteiger partial charge is 0.233 e. The number of aromatic nitrogens is 2. The Hall–Kier alpha value is -2.54. The lowest BCUT2D eigenvalue weighted by atomic mass is 9.93. The SMILES string of the molecule is CNc1nccnc1C1CN(C(=O)C2(c3ccccc3F)CC2)CCO1. The van der Waals surface area contributed by atoms with E-state index in [0.29, 0.717) is 49.6 Å². The maximum Gasteiger partial charge on any atom is 0.233 e. The van der Waals surface area contributed by atoms with Crippen molar-refractivity contribution < 1.29 is 13.9 Å². The minimum absolute atomic E-state index is 0.0224. The first-order valence-corrected chi connectivity index (χ1v) is 8.80. The molecule has 2 aliphatic rings. The standard InChI is InChI=1S/C19H21FN4O2/c1-21-17-16(22-8-9-23-17)15-12-24(10-11-26-15)18(25)19(6-7-19)13-4-2-3-5-14(13)20/h2-5,8-9,15H,6-7,10-12H2,1H3,(H,21,23). The van der Waals surface area contributed by atoms with E-state index in [1.54, 1.807) is 42.5 Å². The molecule has 1 saturated heterocycles. The summed E-state index contributed by atoms with van der Waals surface area (Å²) in [6.07, 6.45) is 4.24. The highest BCUT2D eigenvalue weighted by Gasteiger charge is 2.54. The number of hydrogen-bond donors (Lipinski definition) is 1. The summed E-state index contributed by atoms with van der Waals surface area (Å²) in [7, 11) is 1.77. The summed E-state index contributed by atoms with van der Waals surface area (Å²) in [6.45, 7) is 1.31. The summed E-state index contributed by atoms with van der Waals surface area (Å²) in [6, 6.07) is 6.58. The number of benzene rings is 1. The van der Waals surface area contributed by atoms with E-state index in [9.17, 15) is 9.18 Å². The fourth-order valence-electron chi connectivity index (χ4n) is 3.65. The number of nitrogens with zero attached hydrogens (tertiary/aromatic N) is 3. The van der Waals surface area contributed by atoms with Gasteiger partial charge in [-0.25, -0.2) is 9.37 Å². The van der Waals surface area contributed by atoms with Crippen molar-refractivity contribution in [2.24, 2.45) is 0 Å². The van der Waals surface area contributed by atoms with E-state index in [1.807, 2.05) is 0 Å². The molecule has 0 radical (unpaired) electrons. The Bertz CT molecular complexity index is 825. The fraction of sp³-hybridized carbons (Fsp3) is 0.421. The molecule has 6 nitrogen and oxygen atoms in total. The van der Waals surface area contributed by atoms with Crippen molar-refractivity contribution in [2.75, 3.05) is 32.1 Å². The number of carbonyl (C=O) groups excluding carboxylic acids is 1. The number of ether oxygens (including phenoxy) is 1. The summed E-state index contributed by atoms with van der Waals surface area (Å²) >= 11 is 0. The van der Waals surface area contributed by atoms with Crippen molar-refractivity contribution in [1.29, 1.82) is 0 Å². The van der Waals surface area contributed by atoms with Crippen LogP contribution >= 0.6 is 0 Å². The van der Waals surface area contributed by atoms with Crippen molar-refractivity contribution in [3.63, 3.8) is 0 Å². The lowest BCUT2D eigenvalue weighted by molar-refractivity contribution is -0.142. The summed E-state index contributed by atoms with van der Waals surface area (Å²) in [5, 5.41) is 3.01. The average molecular weight is 356 g/mol. The second-order valence-electron chi connectivity index (χ2n) is 6.71. The van der Waals surface area contributed by atoms with Gasteiger partial charge in [0, 0.05) is 31.5 Å². The zero-order valence-electron chi connectivity index (χ0n) is 14.6. The minimum Gasteiger partial charge on any atom is -0.372 e. The zero-order chi connectivity index (χ0) is 18.1. The highest BCUT2D eigenvalue weighted by atomic mass is 19.1. The first kappa shape index (κ1) is 16.9. The molecule has 2 heterocycles. The Kier molecular flexibility index (Phi) is 4.32. The molecular weight excluding hydrogens is 335 g/mol. The van der Waals surface area contributed by atoms with Crippen LogP contribution < -0.4 is 5.32 Å². The number of halogens is 1. The fourth-order valence-corrected chi connectivity index (χ4v) is 3.65. The van der Waals surface area contributed by atoms with Gasteiger partial charge in [-0.2, -0.15) is 0 Å². The lowest BCUT2D eigenvalue weighted by Crippen LogP contribution is -2.47. The van der Waals surface area contributed by atoms with Crippen LogP contribution in [0.3, 0.4) is 0 Å². The molecule has 1 unspecified atom stereocenters. The van der Waals surface area contributed by atoms with Crippen molar-refractivity contribution in [3.05, 3.63) is 53.7 Å². The summed E-state index contributed by atoms with van der Waals surface area (Å²) in [5.74, 6) is 0.308. The van der Waals surface area contributed by atoms with Crippen molar-refractivity contribution in [3.8, 4) is 0 Å². The van der Waals surface area contributed by atoms with Gasteiger partial charge in [0.15, 0.2) is 0 Å². The third kappa shape index (κ3) is 2.82. The summed E-state index contributed by atoms with van der Waals surface area (Å²) in [4.78, 5) is 23.6. The second kappa shape index (κ2) is 6.64. The van der Waals surface area contributed by atoms with Crippen LogP contribution in [-0.2, 0) is 14.9 Å². The van der Waals surface area contributed by atoms with Gasteiger partial charge in [-0.1, -0.05) is 18.2 Å². The van der Waals surface area contributed by atoms with Crippen LogP contribution in [0.5, 0.6) is 0 Å². The van der Waals surface area contributed by atoms with E-state index >= 15 is 0 Å². The number of anilines is 1. The molecule has 0 bridgehead atoms. The molecule has 4 rings (SSSR count). The Morgan fingerprint density at radius 3 is 2.81 bits per heavy atom. The van der Waals surface area contributed by atoms with E-state index in [1.165, 1.54) is 6.07 Å². The van der Waals surface area contributed by atoms with Gasteiger partial charge in [-0.15, -0.1) is 0 Å². The van der Waals surface area contributed by atoms with Gasteiger partial charge in [0.05, 0.1) is 18.6 Å². The third-order valence-corrected chi connectivity index (χ3v) is 5.17. The Labute approximate surface area is 151 Å². The van der Waals surface area contributed by atoms with Crippen molar-refractivity contribution in [2.45, 2.75) is 24.4 Å². The predicted molar refractivity (Wildman–Crippen MR) is 94.2 cm³/mol. The maximum atomic E-state index is 14.3. The number of hydrogen-bond acceptors (Lipinski definition) is 5. The van der Waals surface area contributed by atoms with Crippen LogP contribution in [-0.4, -0.2) is 47.5 Å². The molecule has 26 heavy (non-hydrogen) atoms. The maximum absolute atomic E-state index is 14.3. The van der Waals surface area contributed by atoms with Crippen molar-refractivity contribution >= 4 is 11.7 Å². The average Bonchev–Trinajstić information content (AvgIpc) is 3.49. The number of rotatable bonds is 4. The molecule has 2 fully saturated rings. The summed E-state index contributed by atoms with van der Waals surface area (Å²) < 4.78 is 20.1. The normalized spacial score (nSPS) is 21.3. The third-order valence-electron chi connectivity index (χ3n) is 5.17. The Balaban J connectivity index is 1.57. The minimum atomic E-state index is -0.721. The van der Waals surface area contributed by atoms with Gasteiger partial charge in [0.2, 0.25) is 5.91 Å². The molecule has 1 aromatic carbocycles. The van der Waals surface area contributed by atoms with Gasteiger partial charge in [-0.3, -0.25) is 9.78 Å². The Morgan fingerprint density at radius 1 is 1.31 bits per heavy atom. The predicted octanol–water partition coefficient (Wildman–Crippen LogP) is 2.29. The number of carbonyl (C=O) groups is 1. The van der Waals surface area contributed by atoms with Gasteiger partial charge >= 0.3 is 0 Å². The topological polar surface area (TPSA) is 67.4 Å². The van der Waals surface area contributed by atoms with Crippen LogP contribution in [0.25, 0.3) is 0 Å². The molecule has 1 aliphatic heterocycles. The molecule has 1 amide bonds. The molecular formula is C19H21FN4O2. The molecule has 1 aromatic heterocycles. The van der Waals surface area contributed by atoms with Crippen LogP contribution in [0, 0.1) is 5.82 Å². The van der Waals surface area contributed by atoms with Crippen LogP contribution in [0.1, 0.15) is 30.2 Å². The highest BCUT2D eigenvalue weighted by molar-refractivity contribution is 5.91. The van der Waals surface area contributed by atoms with Gasteiger partial charge in [0.1, 0.15) is 23.4 Å². The van der Waals surface area contributed by atoms with Crippen LogP contribution in [0.4, 0.5) is 10.2 Å². The van der Waals surface area contributed by atoms with E-state index in [-0.39, 0.29) is 17.8 Å². The molecule has 0 spiro atoms. The van der Waals surface area contributed by atoms with E-state index in [0.717, 1.165) is 0 Å². The molecule has 1 N–H and O–H groups in total. The Morgan fingerprint density at radius 2 is 2.08 bits per heavy atom. The number of nitrogens with one attached hydrogen (secondary N) is 1.